The van der Waals surface area contributed by atoms with Gasteiger partial charge < -0.3 is 15.2 Å². The number of anilines is 1. The quantitative estimate of drug-likeness (QED) is 0.348. The largest absolute Gasteiger partial charge is 0.524 e. The van der Waals surface area contributed by atoms with Crippen LogP contribution in [0.1, 0.15) is 5.56 Å². The number of nitrogens with one attached hydrogen (secondary N) is 1. The summed E-state index contributed by atoms with van der Waals surface area (Å²) in [5.74, 6) is 0.00827. The minimum absolute atomic E-state index is 0.00827. The van der Waals surface area contributed by atoms with Crippen LogP contribution in [0.15, 0.2) is 47.1 Å². The van der Waals surface area contributed by atoms with Crippen LogP contribution in [0.5, 0.6) is 5.75 Å². The fraction of sp³-hybridized carbons (Fsp3) is 0.0667. The molecule has 128 valence electrons. The number of halogens is 2. The van der Waals surface area contributed by atoms with E-state index in [9.17, 15) is 4.57 Å². The van der Waals surface area contributed by atoms with E-state index in [1.807, 2.05) is 31.2 Å². The molecule has 6 nitrogen and oxygen atoms in total. The molecule has 5 N–H and O–H groups in total. The zero-order chi connectivity index (χ0) is 17.9. The molecule has 0 spiro atoms. The Balaban J connectivity index is 0.000000219. The number of hydrogen-bond donors (Lipinski definition) is 4. The Bertz CT molecular complexity index is 871. The summed E-state index contributed by atoms with van der Waals surface area (Å²) < 4.78 is 15.7. The molecule has 1 heterocycles. The Morgan fingerprint density at radius 2 is 1.83 bits per heavy atom. The van der Waals surface area contributed by atoms with E-state index in [2.05, 4.69) is 25.4 Å². The minimum Gasteiger partial charge on any atom is -0.401 e. The first kappa shape index (κ1) is 18.8. The lowest BCUT2D eigenvalue weighted by atomic mass is 10.2. The highest BCUT2D eigenvalue weighted by Crippen LogP contribution is 2.46. The maximum Gasteiger partial charge on any atom is 0.524 e. The van der Waals surface area contributed by atoms with Gasteiger partial charge >= 0.3 is 7.82 Å². The van der Waals surface area contributed by atoms with Gasteiger partial charge in [-0.2, -0.15) is 0 Å². The van der Waals surface area contributed by atoms with Gasteiger partial charge in [-0.3, -0.25) is 9.79 Å². The van der Waals surface area contributed by atoms with Gasteiger partial charge in [0, 0.05) is 5.69 Å². The molecule has 0 atom stereocenters. The van der Waals surface area contributed by atoms with Crippen LogP contribution in [-0.4, -0.2) is 14.8 Å². The second kappa shape index (κ2) is 7.59. The van der Waals surface area contributed by atoms with E-state index < -0.39 is 7.82 Å². The van der Waals surface area contributed by atoms with Crippen LogP contribution < -0.4 is 10.3 Å². The number of aromatic nitrogens is 1. The highest BCUT2D eigenvalue weighted by atomic mass is 79.9. The van der Waals surface area contributed by atoms with E-state index in [1.54, 1.807) is 18.2 Å². The Hall–Kier alpha value is -1.50. The van der Waals surface area contributed by atoms with E-state index in [1.165, 1.54) is 5.56 Å². The van der Waals surface area contributed by atoms with E-state index >= 15 is 0 Å². The second-order valence-electron chi connectivity index (χ2n) is 4.92. The number of aromatic amines is 1. The van der Waals surface area contributed by atoms with Crippen LogP contribution in [0.4, 0.5) is 5.69 Å². The van der Waals surface area contributed by atoms with Crippen LogP contribution in [0.3, 0.4) is 0 Å². The Kier molecular flexibility index (Phi) is 5.96. The standard InChI is InChI=1S/C8H6BrClNO4P.C7H9N/c9-8-7(15-16(12,13)14)6-4(10)2-1-3-5(6)11-8;1-6-2-4-7(8)5-3-6/h1-3,11H,(H2,12,13,14);2-5H,8H2,1H3. The molecule has 3 rings (SSSR count). The lowest BCUT2D eigenvalue weighted by Gasteiger charge is -2.06. The second-order valence-corrected chi connectivity index (χ2v) is 7.29. The van der Waals surface area contributed by atoms with Crippen LogP contribution >= 0.6 is 35.4 Å². The molecule has 0 fully saturated rings. The van der Waals surface area contributed by atoms with Crippen molar-refractivity contribution in [3.05, 3.63) is 57.7 Å². The molecule has 2 aromatic carbocycles. The van der Waals surface area contributed by atoms with Crippen molar-refractivity contribution in [1.82, 2.24) is 4.98 Å². The predicted molar refractivity (Wildman–Crippen MR) is 99.3 cm³/mol. The summed E-state index contributed by atoms with van der Waals surface area (Å²) in [6, 6.07) is 12.8. The zero-order valence-electron chi connectivity index (χ0n) is 12.5. The molecule has 0 amide bonds. The number of nitrogen functional groups attached to an aromatic ring is 1. The first-order valence-electron chi connectivity index (χ1n) is 6.70. The van der Waals surface area contributed by atoms with Gasteiger partial charge in [-0.15, -0.1) is 0 Å². The summed E-state index contributed by atoms with van der Waals surface area (Å²) in [6.07, 6.45) is 0. The molecule has 1 aromatic heterocycles. The maximum atomic E-state index is 10.8. The highest BCUT2D eigenvalue weighted by Gasteiger charge is 2.22. The van der Waals surface area contributed by atoms with Gasteiger partial charge in [-0.25, -0.2) is 4.57 Å². The Labute approximate surface area is 152 Å². The molecule has 0 saturated carbocycles. The van der Waals surface area contributed by atoms with Crippen molar-refractivity contribution in [3.8, 4) is 5.75 Å². The third-order valence-corrected chi connectivity index (χ3v) is 4.27. The van der Waals surface area contributed by atoms with Gasteiger partial charge in [0.25, 0.3) is 0 Å². The van der Waals surface area contributed by atoms with Crippen molar-refractivity contribution in [2.24, 2.45) is 0 Å². The van der Waals surface area contributed by atoms with Crippen LogP contribution in [0.25, 0.3) is 10.9 Å². The van der Waals surface area contributed by atoms with Crippen LogP contribution in [0.2, 0.25) is 5.02 Å². The van der Waals surface area contributed by atoms with Gasteiger partial charge in [0.1, 0.15) is 4.60 Å². The lowest BCUT2D eigenvalue weighted by Crippen LogP contribution is -1.89. The van der Waals surface area contributed by atoms with Crippen molar-refractivity contribution in [2.75, 3.05) is 5.73 Å². The Morgan fingerprint density at radius 3 is 2.38 bits per heavy atom. The summed E-state index contributed by atoms with van der Waals surface area (Å²) in [4.78, 5) is 20.4. The molecular weight excluding hydrogens is 419 g/mol. The zero-order valence-corrected chi connectivity index (χ0v) is 15.8. The van der Waals surface area contributed by atoms with Crippen molar-refractivity contribution >= 4 is 51.9 Å². The molecule has 9 heteroatoms. The Morgan fingerprint density at radius 1 is 1.21 bits per heavy atom. The predicted octanol–water partition coefficient (Wildman–Crippen LogP) is 4.63. The number of rotatable bonds is 2. The fourth-order valence-electron chi connectivity index (χ4n) is 1.91. The van der Waals surface area contributed by atoms with Crippen molar-refractivity contribution in [3.63, 3.8) is 0 Å². The minimum atomic E-state index is -4.61. The number of fused-ring (bicyclic) bond motifs is 1. The first-order valence-corrected chi connectivity index (χ1v) is 9.40. The molecule has 0 aliphatic rings. The average molecular weight is 434 g/mol. The first-order chi connectivity index (χ1) is 11.2. The number of aryl methyl sites for hydroxylation is 1. The topological polar surface area (TPSA) is 109 Å². The van der Waals surface area contributed by atoms with E-state index in [0.29, 0.717) is 20.5 Å². The van der Waals surface area contributed by atoms with Crippen molar-refractivity contribution in [1.29, 1.82) is 0 Å². The number of hydrogen-bond acceptors (Lipinski definition) is 3. The van der Waals surface area contributed by atoms with Gasteiger partial charge in [0.05, 0.1) is 15.9 Å². The molecule has 3 aromatic rings. The third kappa shape index (κ3) is 5.00. The summed E-state index contributed by atoms with van der Waals surface area (Å²) in [7, 11) is -4.61. The number of H-pyrrole nitrogens is 1. The molecule has 0 saturated heterocycles. The average Bonchev–Trinajstić information content (AvgIpc) is 2.78. The van der Waals surface area contributed by atoms with Crippen LogP contribution in [0, 0.1) is 6.92 Å². The molecule has 0 bridgehead atoms. The van der Waals surface area contributed by atoms with Gasteiger partial charge in [0.2, 0.25) is 0 Å². The molecular formula is C15H15BrClN2O4P. The fourth-order valence-corrected chi connectivity index (χ4v) is 3.21. The maximum absolute atomic E-state index is 10.8. The normalized spacial score (nSPS) is 11.0. The smallest absolute Gasteiger partial charge is 0.401 e. The lowest BCUT2D eigenvalue weighted by molar-refractivity contribution is 0.283. The molecule has 0 aliphatic heterocycles. The summed E-state index contributed by atoms with van der Waals surface area (Å²) in [6.45, 7) is 2.04. The van der Waals surface area contributed by atoms with Crippen molar-refractivity contribution < 1.29 is 18.9 Å². The summed E-state index contributed by atoms with van der Waals surface area (Å²) >= 11 is 9.04. The monoisotopic (exact) mass is 432 g/mol. The molecule has 24 heavy (non-hydrogen) atoms. The van der Waals surface area contributed by atoms with E-state index in [-0.39, 0.29) is 5.75 Å². The third-order valence-electron chi connectivity index (χ3n) is 2.97. The van der Waals surface area contributed by atoms with Gasteiger partial charge in [0.15, 0.2) is 5.75 Å². The summed E-state index contributed by atoms with van der Waals surface area (Å²) in [5, 5.41) is 0.780. The molecule has 0 radical (unpaired) electrons. The summed E-state index contributed by atoms with van der Waals surface area (Å²) in [5.41, 5.74) is 8.13. The van der Waals surface area contributed by atoms with Gasteiger partial charge in [-0.05, 0) is 47.1 Å². The SMILES string of the molecule is Cc1ccc(N)cc1.O=P(O)(O)Oc1c(Br)[nH]c2cccc(Cl)c12. The van der Waals surface area contributed by atoms with E-state index in [4.69, 9.17) is 27.1 Å². The van der Waals surface area contributed by atoms with Crippen molar-refractivity contribution in [2.45, 2.75) is 6.92 Å². The van der Waals surface area contributed by atoms with E-state index in [0.717, 1.165) is 5.69 Å². The number of nitrogens with two attached hydrogens (primary N) is 1. The number of phosphoric acid groups is 1. The number of benzene rings is 2. The van der Waals surface area contributed by atoms with Crippen LogP contribution in [-0.2, 0) is 4.57 Å². The molecule has 0 unspecified atom stereocenters. The highest BCUT2D eigenvalue weighted by molar-refractivity contribution is 9.10. The number of phosphoric ester groups is 1. The van der Waals surface area contributed by atoms with Gasteiger partial charge in [-0.1, -0.05) is 35.4 Å². The molecule has 0 aliphatic carbocycles.